The topological polar surface area (TPSA) is 75.4 Å². The Kier molecular flexibility index (Phi) is 5.41. The predicted octanol–water partition coefficient (Wildman–Crippen LogP) is 0.241. The zero-order valence-electron chi connectivity index (χ0n) is 10.7. The van der Waals surface area contributed by atoms with Gasteiger partial charge < -0.3 is 16.0 Å². The number of nitrogens with one attached hydrogen (secondary N) is 1. The standard InChI is InChI=1S/C12H23N3O2/c1-9(2)14-11(16)3-4-12(17)15-7-5-10(13)6-8-15/h9-10H,3-8,13H2,1-2H3,(H,14,16). The number of rotatable bonds is 4. The Hall–Kier alpha value is -1.10. The average molecular weight is 241 g/mol. The third kappa shape index (κ3) is 5.17. The van der Waals surface area contributed by atoms with Crippen molar-refractivity contribution in [1.82, 2.24) is 10.2 Å². The van der Waals surface area contributed by atoms with Gasteiger partial charge >= 0.3 is 0 Å². The molecule has 0 radical (unpaired) electrons. The molecule has 0 aromatic rings. The Balaban J connectivity index is 2.23. The number of carbonyl (C=O) groups excluding carboxylic acids is 2. The van der Waals surface area contributed by atoms with Crippen molar-refractivity contribution in [1.29, 1.82) is 0 Å². The van der Waals surface area contributed by atoms with E-state index in [1.807, 2.05) is 18.7 Å². The number of amides is 2. The number of piperidine rings is 1. The van der Waals surface area contributed by atoms with E-state index in [2.05, 4.69) is 5.32 Å². The smallest absolute Gasteiger partial charge is 0.223 e. The highest BCUT2D eigenvalue weighted by molar-refractivity contribution is 5.83. The first kappa shape index (κ1) is 14.0. The Morgan fingerprint density at radius 1 is 1.29 bits per heavy atom. The Morgan fingerprint density at radius 2 is 1.88 bits per heavy atom. The summed E-state index contributed by atoms with van der Waals surface area (Å²) in [4.78, 5) is 25.0. The molecule has 1 saturated heterocycles. The average Bonchev–Trinajstić information content (AvgIpc) is 2.26. The number of carbonyl (C=O) groups is 2. The molecule has 1 rings (SSSR count). The monoisotopic (exact) mass is 241 g/mol. The Bertz CT molecular complexity index is 271. The normalized spacial score (nSPS) is 17.3. The summed E-state index contributed by atoms with van der Waals surface area (Å²) in [5, 5.41) is 2.78. The Morgan fingerprint density at radius 3 is 2.41 bits per heavy atom. The van der Waals surface area contributed by atoms with Crippen molar-refractivity contribution in [3.8, 4) is 0 Å². The predicted molar refractivity (Wildman–Crippen MR) is 66.3 cm³/mol. The van der Waals surface area contributed by atoms with Gasteiger partial charge in [-0.25, -0.2) is 0 Å². The lowest BCUT2D eigenvalue weighted by Gasteiger charge is -2.30. The first-order valence-corrected chi connectivity index (χ1v) is 6.31. The molecule has 5 heteroatoms. The summed E-state index contributed by atoms with van der Waals surface area (Å²) in [7, 11) is 0. The fourth-order valence-corrected chi connectivity index (χ4v) is 1.92. The molecule has 0 atom stereocenters. The van der Waals surface area contributed by atoms with E-state index < -0.39 is 0 Å². The lowest BCUT2D eigenvalue weighted by molar-refractivity contribution is -0.134. The van der Waals surface area contributed by atoms with Crippen LogP contribution in [0.2, 0.25) is 0 Å². The van der Waals surface area contributed by atoms with Gasteiger partial charge in [0.05, 0.1) is 0 Å². The summed E-state index contributed by atoms with van der Waals surface area (Å²) in [6, 6.07) is 0.355. The molecule has 0 spiro atoms. The van der Waals surface area contributed by atoms with E-state index in [9.17, 15) is 9.59 Å². The van der Waals surface area contributed by atoms with Crippen LogP contribution in [-0.4, -0.2) is 41.9 Å². The lowest BCUT2D eigenvalue weighted by Crippen LogP contribution is -2.43. The van der Waals surface area contributed by atoms with Gasteiger partial charge in [-0.2, -0.15) is 0 Å². The molecule has 5 nitrogen and oxygen atoms in total. The summed E-state index contributed by atoms with van der Waals surface area (Å²) in [5.41, 5.74) is 5.77. The molecule has 1 heterocycles. The summed E-state index contributed by atoms with van der Waals surface area (Å²) in [5.74, 6) is 0.0119. The van der Waals surface area contributed by atoms with Crippen molar-refractivity contribution in [2.75, 3.05) is 13.1 Å². The molecule has 1 aliphatic rings. The Labute approximate surface area is 103 Å². The molecule has 3 N–H and O–H groups in total. The van der Waals surface area contributed by atoms with Crippen LogP contribution in [0.15, 0.2) is 0 Å². The van der Waals surface area contributed by atoms with Crippen molar-refractivity contribution >= 4 is 11.8 Å². The third-order valence-corrected chi connectivity index (χ3v) is 2.91. The van der Waals surface area contributed by atoms with Crippen LogP contribution < -0.4 is 11.1 Å². The maximum Gasteiger partial charge on any atom is 0.223 e. The van der Waals surface area contributed by atoms with E-state index in [1.54, 1.807) is 0 Å². The minimum absolute atomic E-state index is 0.0536. The zero-order valence-corrected chi connectivity index (χ0v) is 10.7. The van der Waals surface area contributed by atoms with Gasteiger partial charge in [0, 0.05) is 38.0 Å². The van der Waals surface area contributed by atoms with E-state index in [1.165, 1.54) is 0 Å². The summed E-state index contributed by atoms with van der Waals surface area (Å²) in [6.45, 7) is 5.27. The number of hydrogen-bond acceptors (Lipinski definition) is 3. The van der Waals surface area contributed by atoms with E-state index in [4.69, 9.17) is 5.73 Å². The van der Waals surface area contributed by atoms with Crippen LogP contribution in [0.4, 0.5) is 0 Å². The third-order valence-electron chi connectivity index (χ3n) is 2.91. The highest BCUT2D eigenvalue weighted by Crippen LogP contribution is 2.10. The van der Waals surface area contributed by atoms with E-state index in [0.717, 1.165) is 25.9 Å². The van der Waals surface area contributed by atoms with E-state index >= 15 is 0 Å². The van der Waals surface area contributed by atoms with Gasteiger partial charge in [0.1, 0.15) is 0 Å². The van der Waals surface area contributed by atoms with Crippen LogP contribution in [0.3, 0.4) is 0 Å². The van der Waals surface area contributed by atoms with Crippen LogP contribution >= 0.6 is 0 Å². The van der Waals surface area contributed by atoms with Crippen LogP contribution in [-0.2, 0) is 9.59 Å². The maximum atomic E-state index is 11.8. The van der Waals surface area contributed by atoms with Crippen molar-refractivity contribution in [3.63, 3.8) is 0 Å². The second-order valence-corrected chi connectivity index (χ2v) is 4.94. The summed E-state index contributed by atoms with van der Waals surface area (Å²) < 4.78 is 0. The molecular weight excluding hydrogens is 218 g/mol. The maximum absolute atomic E-state index is 11.8. The van der Waals surface area contributed by atoms with Crippen LogP contribution in [0.1, 0.15) is 39.5 Å². The first-order valence-electron chi connectivity index (χ1n) is 6.31. The number of hydrogen-bond donors (Lipinski definition) is 2. The van der Waals surface area contributed by atoms with Crippen LogP contribution in [0, 0.1) is 0 Å². The molecule has 0 bridgehead atoms. The van der Waals surface area contributed by atoms with Gasteiger partial charge in [-0.05, 0) is 26.7 Å². The number of nitrogens with two attached hydrogens (primary N) is 1. The molecule has 0 saturated carbocycles. The second-order valence-electron chi connectivity index (χ2n) is 4.94. The number of nitrogens with zero attached hydrogens (tertiary/aromatic N) is 1. The largest absolute Gasteiger partial charge is 0.354 e. The molecular formula is C12H23N3O2. The van der Waals surface area contributed by atoms with Gasteiger partial charge in [0.25, 0.3) is 0 Å². The molecule has 1 fully saturated rings. The fourth-order valence-electron chi connectivity index (χ4n) is 1.92. The number of likely N-dealkylation sites (tertiary alicyclic amines) is 1. The molecule has 0 aromatic heterocycles. The SMILES string of the molecule is CC(C)NC(=O)CCC(=O)N1CCC(N)CC1. The highest BCUT2D eigenvalue weighted by Gasteiger charge is 2.20. The molecule has 17 heavy (non-hydrogen) atoms. The molecule has 2 amide bonds. The quantitative estimate of drug-likeness (QED) is 0.740. The minimum atomic E-state index is -0.0536. The van der Waals surface area contributed by atoms with Crippen molar-refractivity contribution in [3.05, 3.63) is 0 Å². The van der Waals surface area contributed by atoms with Crippen molar-refractivity contribution in [2.45, 2.75) is 51.6 Å². The fraction of sp³-hybridized carbons (Fsp3) is 0.833. The van der Waals surface area contributed by atoms with Gasteiger partial charge in [0.15, 0.2) is 0 Å². The van der Waals surface area contributed by atoms with E-state index in [0.29, 0.717) is 6.42 Å². The molecule has 0 unspecified atom stereocenters. The molecule has 98 valence electrons. The van der Waals surface area contributed by atoms with Crippen molar-refractivity contribution < 1.29 is 9.59 Å². The van der Waals surface area contributed by atoms with Crippen LogP contribution in [0.5, 0.6) is 0 Å². The van der Waals surface area contributed by atoms with Gasteiger partial charge in [0.2, 0.25) is 11.8 Å². The zero-order chi connectivity index (χ0) is 12.8. The van der Waals surface area contributed by atoms with Gasteiger partial charge in [-0.1, -0.05) is 0 Å². The highest BCUT2D eigenvalue weighted by atomic mass is 16.2. The minimum Gasteiger partial charge on any atom is -0.354 e. The molecule has 0 aliphatic carbocycles. The van der Waals surface area contributed by atoms with Gasteiger partial charge in [-0.3, -0.25) is 9.59 Å². The lowest BCUT2D eigenvalue weighted by atomic mass is 10.1. The summed E-state index contributed by atoms with van der Waals surface area (Å²) in [6.07, 6.45) is 2.31. The first-order chi connectivity index (χ1) is 7.99. The van der Waals surface area contributed by atoms with E-state index in [-0.39, 0.29) is 30.3 Å². The molecule has 0 aromatic carbocycles. The van der Waals surface area contributed by atoms with Crippen molar-refractivity contribution in [2.24, 2.45) is 5.73 Å². The van der Waals surface area contributed by atoms with Gasteiger partial charge in [-0.15, -0.1) is 0 Å². The summed E-state index contributed by atoms with van der Waals surface area (Å²) >= 11 is 0. The molecule has 1 aliphatic heterocycles. The van der Waals surface area contributed by atoms with Crippen LogP contribution in [0.25, 0.3) is 0 Å². The second kappa shape index (κ2) is 6.59.